The maximum Gasteiger partial charge on any atom is 0.261 e. The molecule has 0 unspecified atom stereocenters. The molecule has 31 heavy (non-hydrogen) atoms. The number of unbranched alkanes of at least 4 members (excludes halogenated alkanes) is 1. The number of rotatable bonds is 11. The predicted octanol–water partition coefficient (Wildman–Crippen LogP) is 5.51. The smallest absolute Gasteiger partial charge is 0.261 e. The zero-order chi connectivity index (χ0) is 22.8. The third-order valence-electron chi connectivity index (χ3n) is 4.93. The molecule has 0 aliphatic heterocycles. The van der Waals surface area contributed by atoms with E-state index in [9.17, 15) is 9.59 Å². The van der Waals surface area contributed by atoms with Gasteiger partial charge in [-0.05, 0) is 43.5 Å². The molecule has 0 bridgehead atoms. The summed E-state index contributed by atoms with van der Waals surface area (Å²) >= 11 is 9.56. The predicted molar refractivity (Wildman–Crippen MR) is 128 cm³/mol. The van der Waals surface area contributed by atoms with Gasteiger partial charge in [0.25, 0.3) is 5.91 Å². The van der Waals surface area contributed by atoms with E-state index in [2.05, 4.69) is 28.2 Å². The second kappa shape index (κ2) is 12.7. The van der Waals surface area contributed by atoms with Crippen molar-refractivity contribution in [3.05, 3.63) is 63.1 Å². The normalized spacial score (nSPS) is 11.6. The SMILES string of the molecule is CCCCNC(=O)[C@H](CC)N(Cc1ccc(C)cc1)C(=O)COc1ccc(Br)cc1Cl. The molecule has 0 saturated heterocycles. The zero-order valence-corrected chi connectivity index (χ0v) is 20.6. The summed E-state index contributed by atoms with van der Waals surface area (Å²) in [7, 11) is 0. The van der Waals surface area contributed by atoms with Gasteiger partial charge in [0.15, 0.2) is 6.61 Å². The van der Waals surface area contributed by atoms with Crippen LogP contribution in [0.2, 0.25) is 5.02 Å². The van der Waals surface area contributed by atoms with Gasteiger partial charge in [-0.3, -0.25) is 9.59 Å². The van der Waals surface area contributed by atoms with E-state index in [1.54, 1.807) is 23.1 Å². The van der Waals surface area contributed by atoms with Crippen LogP contribution in [0.15, 0.2) is 46.9 Å². The van der Waals surface area contributed by atoms with Crippen LogP contribution < -0.4 is 10.1 Å². The number of aryl methyl sites for hydroxylation is 1. The van der Waals surface area contributed by atoms with Crippen molar-refractivity contribution in [2.45, 2.75) is 52.6 Å². The van der Waals surface area contributed by atoms with Crippen LogP contribution in [-0.2, 0) is 16.1 Å². The van der Waals surface area contributed by atoms with Crippen LogP contribution in [0.3, 0.4) is 0 Å². The minimum atomic E-state index is -0.574. The molecule has 7 heteroatoms. The minimum Gasteiger partial charge on any atom is -0.482 e. The van der Waals surface area contributed by atoms with Crippen molar-refractivity contribution >= 4 is 39.3 Å². The maximum absolute atomic E-state index is 13.2. The van der Waals surface area contributed by atoms with E-state index in [0.717, 1.165) is 28.4 Å². The highest BCUT2D eigenvalue weighted by atomic mass is 79.9. The van der Waals surface area contributed by atoms with Gasteiger partial charge >= 0.3 is 0 Å². The summed E-state index contributed by atoms with van der Waals surface area (Å²) in [5.41, 5.74) is 2.10. The van der Waals surface area contributed by atoms with Crippen LogP contribution in [0.1, 0.15) is 44.2 Å². The Morgan fingerprint density at radius 3 is 2.48 bits per heavy atom. The van der Waals surface area contributed by atoms with E-state index in [1.807, 2.05) is 38.1 Å². The molecule has 1 N–H and O–H groups in total. The van der Waals surface area contributed by atoms with Gasteiger partial charge < -0.3 is 15.0 Å². The van der Waals surface area contributed by atoms with E-state index >= 15 is 0 Å². The van der Waals surface area contributed by atoms with E-state index < -0.39 is 6.04 Å². The molecule has 0 aliphatic rings. The first-order chi connectivity index (χ1) is 14.8. The number of benzene rings is 2. The molecule has 0 spiro atoms. The van der Waals surface area contributed by atoms with Gasteiger partial charge in [-0.25, -0.2) is 0 Å². The molecule has 0 saturated carbocycles. The summed E-state index contributed by atoms with van der Waals surface area (Å²) in [5, 5.41) is 3.37. The molecule has 5 nitrogen and oxygen atoms in total. The van der Waals surface area contributed by atoms with Crippen molar-refractivity contribution < 1.29 is 14.3 Å². The van der Waals surface area contributed by atoms with Crippen LogP contribution in [0.25, 0.3) is 0 Å². The largest absolute Gasteiger partial charge is 0.482 e. The minimum absolute atomic E-state index is 0.141. The number of halogens is 2. The van der Waals surface area contributed by atoms with Gasteiger partial charge in [0.1, 0.15) is 11.8 Å². The first-order valence-electron chi connectivity index (χ1n) is 10.6. The Hall–Kier alpha value is -2.05. The summed E-state index contributed by atoms with van der Waals surface area (Å²) < 4.78 is 6.51. The first kappa shape index (κ1) is 25.2. The fraction of sp³-hybridized carbons (Fsp3) is 0.417. The van der Waals surface area contributed by atoms with Gasteiger partial charge in [0, 0.05) is 17.6 Å². The highest BCUT2D eigenvalue weighted by Gasteiger charge is 2.28. The lowest BCUT2D eigenvalue weighted by atomic mass is 10.1. The Morgan fingerprint density at radius 2 is 1.87 bits per heavy atom. The Balaban J connectivity index is 2.18. The van der Waals surface area contributed by atoms with Crippen LogP contribution in [0.4, 0.5) is 0 Å². The average molecular weight is 510 g/mol. The Kier molecular flexibility index (Phi) is 10.3. The maximum atomic E-state index is 13.2. The lowest BCUT2D eigenvalue weighted by Gasteiger charge is -2.30. The number of nitrogens with one attached hydrogen (secondary N) is 1. The summed E-state index contributed by atoms with van der Waals surface area (Å²) in [6.45, 7) is 6.72. The molecule has 168 valence electrons. The summed E-state index contributed by atoms with van der Waals surface area (Å²) in [6.07, 6.45) is 2.40. The lowest BCUT2D eigenvalue weighted by molar-refractivity contribution is -0.143. The van der Waals surface area contributed by atoms with Crippen molar-refractivity contribution in [1.29, 1.82) is 0 Å². The molecule has 0 radical (unpaired) electrons. The third kappa shape index (κ3) is 7.86. The highest BCUT2D eigenvalue weighted by molar-refractivity contribution is 9.10. The van der Waals surface area contributed by atoms with Crippen LogP contribution in [0, 0.1) is 6.92 Å². The lowest BCUT2D eigenvalue weighted by Crippen LogP contribution is -2.50. The van der Waals surface area contributed by atoms with Crippen LogP contribution >= 0.6 is 27.5 Å². The summed E-state index contributed by atoms with van der Waals surface area (Å²) in [6, 6.07) is 12.6. The van der Waals surface area contributed by atoms with E-state index in [1.165, 1.54) is 0 Å². The fourth-order valence-corrected chi connectivity index (χ4v) is 3.86. The molecular weight excluding hydrogens is 480 g/mol. The van der Waals surface area contributed by atoms with Gasteiger partial charge in [-0.15, -0.1) is 0 Å². The molecule has 2 aromatic rings. The molecule has 0 aromatic heterocycles. The topological polar surface area (TPSA) is 58.6 Å². The summed E-state index contributed by atoms with van der Waals surface area (Å²) in [5.74, 6) is 0.0177. The molecule has 2 aromatic carbocycles. The average Bonchev–Trinajstić information content (AvgIpc) is 2.74. The second-order valence-electron chi connectivity index (χ2n) is 7.44. The Bertz CT molecular complexity index is 874. The number of hydrogen-bond donors (Lipinski definition) is 1. The van der Waals surface area contributed by atoms with Crippen molar-refractivity contribution in [3.63, 3.8) is 0 Å². The molecule has 0 fully saturated rings. The van der Waals surface area contributed by atoms with Crippen molar-refractivity contribution in [2.75, 3.05) is 13.2 Å². The number of amides is 2. The Morgan fingerprint density at radius 1 is 1.16 bits per heavy atom. The molecule has 0 heterocycles. The molecule has 1 atom stereocenters. The van der Waals surface area contributed by atoms with Crippen molar-refractivity contribution in [1.82, 2.24) is 10.2 Å². The van der Waals surface area contributed by atoms with Gasteiger partial charge in [0.2, 0.25) is 5.91 Å². The molecule has 0 aliphatic carbocycles. The zero-order valence-electron chi connectivity index (χ0n) is 18.3. The van der Waals surface area contributed by atoms with Crippen LogP contribution in [0.5, 0.6) is 5.75 Å². The molecule has 2 rings (SSSR count). The quantitative estimate of drug-likeness (QED) is 0.406. The number of carbonyl (C=O) groups is 2. The van der Waals surface area contributed by atoms with E-state index in [4.69, 9.17) is 16.3 Å². The molecular formula is C24H30BrClN2O3. The van der Waals surface area contributed by atoms with Crippen molar-refractivity contribution in [3.8, 4) is 5.75 Å². The first-order valence-corrected chi connectivity index (χ1v) is 11.7. The number of ether oxygens (including phenoxy) is 1. The number of hydrogen-bond acceptors (Lipinski definition) is 3. The van der Waals surface area contributed by atoms with Gasteiger partial charge in [-0.2, -0.15) is 0 Å². The highest BCUT2D eigenvalue weighted by Crippen LogP contribution is 2.28. The fourth-order valence-electron chi connectivity index (χ4n) is 3.13. The van der Waals surface area contributed by atoms with Crippen LogP contribution in [-0.4, -0.2) is 35.9 Å². The summed E-state index contributed by atoms with van der Waals surface area (Å²) in [4.78, 5) is 27.6. The second-order valence-corrected chi connectivity index (χ2v) is 8.76. The van der Waals surface area contributed by atoms with Crippen molar-refractivity contribution in [2.24, 2.45) is 0 Å². The Labute approximate surface area is 198 Å². The van der Waals surface area contributed by atoms with Gasteiger partial charge in [0.05, 0.1) is 5.02 Å². The van der Waals surface area contributed by atoms with E-state index in [-0.39, 0.29) is 18.4 Å². The van der Waals surface area contributed by atoms with Gasteiger partial charge in [-0.1, -0.05) is 77.6 Å². The standard InChI is InChI=1S/C24H30BrClN2O3/c1-4-6-13-27-24(30)21(5-2)28(15-18-9-7-17(3)8-10-18)23(29)16-31-22-12-11-19(25)14-20(22)26/h7-12,14,21H,4-6,13,15-16H2,1-3H3,(H,27,30)/t21-/m0/s1. The monoisotopic (exact) mass is 508 g/mol. The number of carbonyl (C=O) groups excluding carboxylic acids is 2. The molecule has 2 amide bonds. The van der Waals surface area contributed by atoms with E-state index in [0.29, 0.717) is 30.3 Å². The number of nitrogens with zero attached hydrogens (tertiary/aromatic N) is 1. The third-order valence-corrected chi connectivity index (χ3v) is 5.72.